The molecule has 0 bridgehead atoms. The number of nitrogens with two attached hydrogens (primary N) is 1. The number of carboxylic acids is 1. The van der Waals surface area contributed by atoms with Gasteiger partial charge in [0.2, 0.25) is 0 Å². The summed E-state index contributed by atoms with van der Waals surface area (Å²) in [5.74, 6) is -1.21. The van der Waals surface area contributed by atoms with Crippen molar-refractivity contribution in [3.05, 3.63) is 35.4 Å². The van der Waals surface area contributed by atoms with Crippen molar-refractivity contribution in [2.45, 2.75) is 18.9 Å². The van der Waals surface area contributed by atoms with Crippen LogP contribution in [0.4, 0.5) is 0 Å². The Morgan fingerprint density at radius 3 is 2.86 bits per heavy atom. The molecule has 1 aromatic carbocycles. The Morgan fingerprint density at radius 1 is 1.43 bits per heavy atom. The number of hydrogen-bond donors (Lipinski definition) is 2. The lowest BCUT2D eigenvalue weighted by Crippen LogP contribution is -2.32. The Hall–Kier alpha value is -1.35. The maximum Gasteiger partial charge on any atom is 0.308 e. The maximum absolute atomic E-state index is 10.9. The summed E-state index contributed by atoms with van der Waals surface area (Å²) < 4.78 is 0. The highest BCUT2D eigenvalue weighted by atomic mass is 16.4. The summed E-state index contributed by atoms with van der Waals surface area (Å²) in [4.78, 5) is 10.9. The summed E-state index contributed by atoms with van der Waals surface area (Å²) in [6.07, 6.45) is 1.47. The molecular formula is C11H13NO2. The van der Waals surface area contributed by atoms with Gasteiger partial charge in [0.1, 0.15) is 0 Å². The third-order valence-electron chi connectivity index (χ3n) is 2.89. The SMILES string of the molecule is NC1c2ccccc2CCC1C(=O)O. The van der Waals surface area contributed by atoms with Crippen LogP contribution < -0.4 is 5.73 Å². The van der Waals surface area contributed by atoms with E-state index < -0.39 is 11.9 Å². The fraction of sp³-hybridized carbons (Fsp3) is 0.364. The molecule has 0 aliphatic heterocycles. The van der Waals surface area contributed by atoms with E-state index in [4.69, 9.17) is 10.8 Å². The summed E-state index contributed by atoms with van der Waals surface area (Å²) in [6.45, 7) is 0. The third-order valence-corrected chi connectivity index (χ3v) is 2.89. The number of carboxylic acid groups (broad SMARTS) is 1. The van der Waals surface area contributed by atoms with Crippen molar-refractivity contribution >= 4 is 5.97 Å². The summed E-state index contributed by atoms with van der Waals surface area (Å²) >= 11 is 0. The second kappa shape index (κ2) is 3.42. The smallest absolute Gasteiger partial charge is 0.308 e. The molecule has 3 N–H and O–H groups in total. The van der Waals surface area contributed by atoms with E-state index in [0.717, 1.165) is 12.0 Å². The Kier molecular flexibility index (Phi) is 2.25. The molecule has 74 valence electrons. The van der Waals surface area contributed by atoms with E-state index in [1.165, 1.54) is 5.56 Å². The number of hydrogen-bond acceptors (Lipinski definition) is 2. The fourth-order valence-corrected chi connectivity index (χ4v) is 2.07. The van der Waals surface area contributed by atoms with Crippen LogP contribution in [0, 0.1) is 5.92 Å². The van der Waals surface area contributed by atoms with E-state index in [9.17, 15) is 4.79 Å². The van der Waals surface area contributed by atoms with Crippen molar-refractivity contribution in [2.75, 3.05) is 0 Å². The molecule has 3 nitrogen and oxygen atoms in total. The number of benzene rings is 1. The van der Waals surface area contributed by atoms with E-state index in [1.807, 2.05) is 24.3 Å². The zero-order valence-corrected chi connectivity index (χ0v) is 7.81. The molecule has 0 heterocycles. The van der Waals surface area contributed by atoms with Gasteiger partial charge in [-0.3, -0.25) is 4.79 Å². The van der Waals surface area contributed by atoms with E-state index in [-0.39, 0.29) is 6.04 Å². The highest BCUT2D eigenvalue weighted by Gasteiger charge is 2.31. The van der Waals surface area contributed by atoms with Crippen molar-refractivity contribution in [2.24, 2.45) is 11.7 Å². The molecule has 0 aromatic heterocycles. The number of aliphatic carboxylic acids is 1. The van der Waals surface area contributed by atoms with Crippen LogP contribution >= 0.6 is 0 Å². The molecule has 1 aliphatic rings. The van der Waals surface area contributed by atoms with Gasteiger partial charge >= 0.3 is 5.97 Å². The number of fused-ring (bicyclic) bond motifs is 1. The minimum absolute atomic E-state index is 0.350. The van der Waals surface area contributed by atoms with Gasteiger partial charge in [-0.05, 0) is 24.0 Å². The second-order valence-corrected chi connectivity index (χ2v) is 3.71. The Morgan fingerprint density at radius 2 is 2.14 bits per heavy atom. The summed E-state index contributed by atoms with van der Waals surface area (Å²) in [5, 5.41) is 8.95. The van der Waals surface area contributed by atoms with Crippen LogP contribution in [0.3, 0.4) is 0 Å². The second-order valence-electron chi connectivity index (χ2n) is 3.71. The lowest BCUT2D eigenvalue weighted by Gasteiger charge is -2.27. The van der Waals surface area contributed by atoms with Crippen LogP contribution in [0.2, 0.25) is 0 Å². The lowest BCUT2D eigenvalue weighted by atomic mass is 9.80. The fourth-order valence-electron chi connectivity index (χ4n) is 2.07. The van der Waals surface area contributed by atoms with Gasteiger partial charge in [-0.15, -0.1) is 0 Å². The monoisotopic (exact) mass is 191 g/mol. The normalized spacial score (nSPS) is 25.5. The molecule has 1 aromatic rings. The minimum Gasteiger partial charge on any atom is -0.481 e. The van der Waals surface area contributed by atoms with Crippen molar-refractivity contribution in [1.82, 2.24) is 0 Å². The molecule has 14 heavy (non-hydrogen) atoms. The molecule has 0 amide bonds. The zero-order chi connectivity index (χ0) is 10.1. The third kappa shape index (κ3) is 1.40. The Balaban J connectivity index is 2.36. The minimum atomic E-state index is -0.785. The molecule has 2 atom stereocenters. The van der Waals surface area contributed by atoms with Gasteiger partial charge in [0, 0.05) is 6.04 Å². The van der Waals surface area contributed by atoms with Crippen molar-refractivity contribution in [3.8, 4) is 0 Å². The van der Waals surface area contributed by atoms with Crippen LogP contribution in [0.5, 0.6) is 0 Å². The van der Waals surface area contributed by atoms with Gasteiger partial charge in [-0.25, -0.2) is 0 Å². The zero-order valence-electron chi connectivity index (χ0n) is 7.81. The molecule has 0 radical (unpaired) electrons. The number of carbonyl (C=O) groups is 1. The van der Waals surface area contributed by atoms with E-state index >= 15 is 0 Å². The molecule has 3 heteroatoms. The van der Waals surface area contributed by atoms with Crippen molar-refractivity contribution < 1.29 is 9.90 Å². The number of rotatable bonds is 1. The average Bonchev–Trinajstić information content (AvgIpc) is 2.18. The summed E-state index contributed by atoms with van der Waals surface area (Å²) in [7, 11) is 0. The van der Waals surface area contributed by atoms with Gasteiger partial charge in [-0.2, -0.15) is 0 Å². The van der Waals surface area contributed by atoms with Crippen LogP contribution in [-0.2, 0) is 11.2 Å². The molecule has 0 spiro atoms. The quantitative estimate of drug-likeness (QED) is 0.704. The summed E-state index contributed by atoms with van der Waals surface area (Å²) in [6, 6.07) is 7.47. The predicted octanol–water partition coefficient (Wildman–Crippen LogP) is 1.33. The van der Waals surface area contributed by atoms with Crippen LogP contribution in [0.25, 0.3) is 0 Å². The molecule has 0 fully saturated rings. The molecular weight excluding hydrogens is 178 g/mol. The van der Waals surface area contributed by atoms with Crippen LogP contribution in [-0.4, -0.2) is 11.1 Å². The topological polar surface area (TPSA) is 63.3 Å². The molecule has 1 aliphatic carbocycles. The number of aryl methyl sites for hydroxylation is 1. The highest BCUT2D eigenvalue weighted by Crippen LogP contribution is 2.32. The van der Waals surface area contributed by atoms with Gasteiger partial charge in [0.25, 0.3) is 0 Å². The van der Waals surface area contributed by atoms with E-state index in [2.05, 4.69) is 0 Å². The van der Waals surface area contributed by atoms with Gasteiger partial charge in [-0.1, -0.05) is 24.3 Å². The average molecular weight is 191 g/mol. The van der Waals surface area contributed by atoms with E-state index in [0.29, 0.717) is 6.42 Å². The van der Waals surface area contributed by atoms with E-state index in [1.54, 1.807) is 0 Å². The van der Waals surface area contributed by atoms with Gasteiger partial charge in [0.15, 0.2) is 0 Å². The molecule has 2 unspecified atom stereocenters. The van der Waals surface area contributed by atoms with Crippen molar-refractivity contribution in [1.29, 1.82) is 0 Å². The molecule has 0 saturated heterocycles. The maximum atomic E-state index is 10.9. The van der Waals surface area contributed by atoms with Gasteiger partial charge < -0.3 is 10.8 Å². The Labute approximate surface area is 82.5 Å². The molecule has 2 rings (SSSR count). The molecule has 0 saturated carbocycles. The standard InChI is InChI=1S/C11H13NO2/c12-10-8-4-2-1-3-7(8)5-6-9(10)11(13)14/h1-4,9-10H,5-6,12H2,(H,13,14). The van der Waals surface area contributed by atoms with Gasteiger partial charge in [0.05, 0.1) is 5.92 Å². The first-order valence-corrected chi connectivity index (χ1v) is 4.76. The first kappa shape index (κ1) is 9.21. The Bertz CT molecular complexity index is 362. The van der Waals surface area contributed by atoms with Crippen molar-refractivity contribution in [3.63, 3.8) is 0 Å². The predicted molar refractivity (Wildman–Crippen MR) is 52.8 cm³/mol. The summed E-state index contributed by atoms with van der Waals surface area (Å²) in [5.41, 5.74) is 8.09. The largest absolute Gasteiger partial charge is 0.481 e. The first-order chi connectivity index (χ1) is 6.70. The highest BCUT2D eigenvalue weighted by molar-refractivity contribution is 5.72. The lowest BCUT2D eigenvalue weighted by molar-refractivity contribution is -0.143. The first-order valence-electron chi connectivity index (χ1n) is 4.76. The van der Waals surface area contributed by atoms with Crippen LogP contribution in [0.1, 0.15) is 23.6 Å². The van der Waals surface area contributed by atoms with Crippen LogP contribution in [0.15, 0.2) is 24.3 Å².